The Morgan fingerprint density at radius 2 is 2.35 bits per heavy atom. The van der Waals surface area contributed by atoms with Crippen LogP contribution in [-0.4, -0.2) is 20.2 Å². The molecule has 0 saturated heterocycles. The largest absolute Gasteiger partial charge is 0.508 e. The zero-order valence-electron chi connectivity index (χ0n) is 9.08. The van der Waals surface area contributed by atoms with Gasteiger partial charge in [0, 0.05) is 16.9 Å². The molecule has 0 aliphatic carbocycles. The summed E-state index contributed by atoms with van der Waals surface area (Å²) in [6.07, 6.45) is 1.50. The molecule has 1 aromatic heterocycles. The maximum Gasteiger partial charge on any atom is 0.170 e. The number of phenolic OH excluding ortho intramolecular Hbond substituents is 1. The second-order valence-corrected chi connectivity index (χ2v) is 5.40. The third kappa shape index (κ3) is 3.04. The van der Waals surface area contributed by atoms with Crippen LogP contribution in [0.4, 0.5) is 0 Å². The van der Waals surface area contributed by atoms with Gasteiger partial charge in [-0.15, -0.1) is 0 Å². The van der Waals surface area contributed by atoms with E-state index in [4.69, 9.17) is 0 Å². The number of thioether (sulfide) groups is 1. The lowest BCUT2D eigenvalue weighted by Gasteiger charge is -2.04. The van der Waals surface area contributed by atoms with E-state index < -0.39 is 0 Å². The highest BCUT2D eigenvalue weighted by Crippen LogP contribution is 2.28. The van der Waals surface area contributed by atoms with E-state index >= 15 is 0 Å². The minimum Gasteiger partial charge on any atom is -0.508 e. The maximum absolute atomic E-state index is 11.2. The summed E-state index contributed by atoms with van der Waals surface area (Å²) in [6.45, 7) is 1.51. The van der Waals surface area contributed by atoms with E-state index in [-0.39, 0.29) is 11.5 Å². The molecule has 0 unspecified atom stereocenters. The summed E-state index contributed by atoms with van der Waals surface area (Å²) >= 11 is 2.80. The zero-order chi connectivity index (χ0) is 12.3. The molecule has 0 bridgehead atoms. The van der Waals surface area contributed by atoms with Gasteiger partial charge in [0.1, 0.15) is 12.1 Å². The first-order valence-corrected chi connectivity index (χ1v) is 6.65. The van der Waals surface area contributed by atoms with Crippen molar-refractivity contribution in [3.63, 3.8) is 0 Å². The van der Waals surface area contributed by atoms with Crippen LogP contribution in [0.5, 0.6) is 5.75 Å². The number of ketones is 1. The van der Waals surface area contributed by atoms with Crippen molar-refractivity contribution in [3.05, 3.63) is 35.7 Å². The van der Waals surface area contributed by atoms with Crippen molar-refractivity contribution in [1.82, 2.24) is 9.36 Å². The van der Waals surface area contributed by atoms with E-state index in [9.17, 15) is 9.90 Å². The van der Waals surface area contributed by atoms with Crippen LogP contribution in [-0.2, 0) is 5.75 Å². The lowest BCUT2D eigenvalue weighted by molar-refractivity contribution is 0.101. The van der Waals surface area contributed by atoms with Gasteiger partial charge >= 0.3 is 0 Å². The Hall–Kier alpha value is -1.40. The fourth-order valence-corrected chi connectivity index (χ4v) is 2.71. The Labute approximate surface area is 107 Å². The summed E-state index contributed by atoms with van der Waals surface area (Å²) in [4.78, 5) is 15.3. The lowest BCUT2D eigenvalue weighted by atomic mass is 10.1. The number of nitrogens with zero attached hydrogens (tertiary/aromatic N) is 2. The van der Waals surface area contributed by atoms with E-state index in [1.54, 1.807) is 18.2 Å². The minimum atomic E-state index is -0.00725. The van der Waals surface area contributed by atoms with Gasteiger partial charge in [-0.3, -0.25) is 4.79 Å². The fourth-order valence-electron chi connectivity index (χ4n) is 1.29. The molecule has 4 nitrogen and oxygen atoms in total. The quantitative estimate of drug-likeness (QED) is 0.681. The highest BCUT2D eigenvalue weighted by atomic mass is 32.2. The Morgan fingerprint density at radius 3 is 3.00 bits per heavy atom. The average molecular weight is 266 g/mol. The summed E-state index contributed by atoms with van der Waals surface area (Å²) in [5.74, 6) is 0.765. The van der Waals surface area contributed by atoms with Gasteiger partial charge in [-0.25, -0.2) is 4.98 Å². The Kier molecular flexibility index (Phi) is 3.75. The van der Waals surface area contributed by atoms with Crippen molar-refractivity contribution >= 4 is 29.1 Å². The molecule has 1 heterocycles. The molecule has 0 amide bonds. The molecule has 0 fully saturated rings. The molecule has 0 radical (unpaired) electrons. The molecule has 0 aliphatic rings. The van der Waals surface area contributed by atoms with Gasteiger partial charge in [-0.1, -0.05) is 11.8 Å². The molecule has 0 atom stereocenters. The maximum atomic E-state index is 11.2. The first-order valence-electron chi connectivity index (χ1n) is 4.89. The van der Waals surface area contributed by atoms with Crippen LogP contribution < -0.4 is 0 Å². The predicted octanol–water partition coefficient (Wildman–Crippen LogP) is 2.74. The van der Waals surface area contributed by atoms with E-state index in [2.05, 4.69) is 9.36 Å². The zero-order valence-corrected chi connectivity index (χ0v) is 10.7. The Morgan fingerprint density at radius 1 is 1.53 bits per heavy atom. The highest BCUT2D eigenvalue weighted by molar-refractivity contribution is 8.00. The van der Waals surface area contributed by atoms with Crippen LogP contribution in [0.1, 0.15) is 22.8 Å². The van der Waals surface area contributed by atoms with E-state index in [0.29, 0.717) is 11.3 Å². The van der Waals surface area contributed by atoms with Crippen LogP contribution in [0.3, 0.4) is 0 Å². The monoisotopic (exact) mass is 266 g/mol. The van der Waals surface area contributed by atoms with Crippen LogP contribution in [0.25, 0.3) is 0 Å². The van der Waals surface area contributed by atoms with E-state index in [1.807, 2.05) is 0 Å². The number of aromatic hydroxyl groups is 1. The van der Waals surface area contributed by atoms with Gasteiger partial charge < -0.3 is 5.11 Å². The number of aromatic nitrogens is 2. The molecule has 6 heteroatoms. The number of carbonyl (C=O) groups excluding carboxylic acids is 1. The number of rotatable bonds is 4. The number of Topliss-reactive ketones (excluding diaryl/α,β-unsaturated/α-hetero) is 1. The number of carbonyl (C=O) groups is 1. The molecule has 2 rings (SSSR count). The molecule has 0 saturated carbocycles. The van der Waals surface area contributed by atoms with Crippen LogP contribution in [0.2, 0.25) is 0 Å². The van der Waals surface area contributed by atoms with Gasteiger partial charge in [0.15, 0.2) is 10.1 Å². The highest BCUT2D eigenvalue weighted by Gasteiger charge is 2.07. The second kappa shape index (κ2) is 5.29. The molecule has 0 spiro atoms. The first kappa shape index (κ1) is 12.1. The topological polar surface area (TPSA) is 63.1 Å². The van der Waals surface area contributed by atoms with Crippen LogP contribution in [0, 0.1) is 0 Å². The van der Waals surface area contributed by atoms with Gasteiger partial charge in [-0.05, 0) is 36.7 Å². The summed E-state index contributed by atoms with van der Waals surface area (Å²) in [5, 5.41) is 9.69. The van der Waals surface area contributed by atoms with Crippen molar-refractivity contribution in [3.8, 4) is 5.75 Å². The molecular weight excluding hydrogens is 256 g/mol. The standard InChI is InChI=1S/C11H10N2O2S2/c1-7(14)8-2-3-10(15)9(4-8)5-16-11-12-6-13-17-11/h2-4,6,15H,5H2,1H3. The summed E-state index contributed by atoms with van der Waals surface area (Å²) in [7, 11) is 0. The molecule has 1 N–H and O–H groups in total. The minimum absolute atomic E-state index is 0.00725. The number of hydrogen-bond acceptors (Lipinski definition) is 6. The van der Waals surface area contributed by atoms with Gasteiger partial charge in [0.25, 0.3) is 0 Å². The normalized spacial score (nSPS) is 10.4. The van der Waals surface area contributed by atoms with Crippen molar-refractivity contribution in [2.45, 2.75) is 17.0 Å². The third-order valence-electron chi connectivity index (χ3n) is 2.18. The van der Waals surface area contributed by atoms with Crippen molar-refractivity contribution in [2.24, 2.45) is 0 Å². The molecule has 2 aromatic rings. The summed E-state index contributed by atoms with van der Waals surface area (Å²) in [6, 6.07) is 4.88. The molecule has 0 aliphatic heterocycles. The van der Waals surface area contributed by atoms with Crippen LogP contribution in [0.15, 0.2) is 28.9 Å². The number of benzene rings is 1. The average Bonchev–Trinajstić information content (AvgIpc) is 2.80. The molecule has 1 aromatic carbocycles. The lowest BCUT2D eigenvalue weighted by Crippen LogP contribution is -1.93. The molecule has 17 heavy (non-hydrogen) atoms. The predicted molar refractivity (Wildman–Crippen MR) is 67.6 cm³/mol. The van der Waals surface area contributed by atoms with Crippen molar-refractivity contribution in [2.75, 3.05) is 0 Å². The number of phenols is 1. The molecular formula is C11H10N2O2S2. The third-order valence-corrected chi connectivity index (χ3v) is 4.02. The Bertz CT molecular complexity index is 526. The Balaban J connectivity index is 2.14. The van der Waals surface area contributed by atoms with Crippen molar-refractivity contribution in [1.29, 1.82) is 0 Å². The van der Waals surface area contributed by atoms with Gasteiger partial charge in [-0.2, -0.15) is 4.37 Å². The van der Waals surface area contributed by atoms with E-state index in [0.717, 1.165) is 9.90 Å². The summed E-state index contributed by atoms with van der Waals surface area (Å²) in [5.41, 5.74) is 1.34. The molecule has 88 valence electrons. The SMILES string of the molecule is CC(=O)c1ccc(O)c(CSc2ncns2)c1. The smallest absolute Gasteiger partial charge is 0.170 e. The van der Waals surface area contributed by atoms with E-state index in [1.165, 1.54) is 36.5 Å². The fraction of sp³-hybridized carbons (Fsp3) is 0.182. The van der Waals surface area contributed by atoms with Gasteiger partial charge in [0.2, 0.25) is 0 Å². The van der Waals surface area contributed by atoms with Crippen LogP contribution >= 0.6 is 23.3 Å². The van der Waals surface area contributed by atoms with Crippen molar-refractivity contribution < 1.29 is 9.90 Å². The number of hydrogen-bond donors (Lipinski definition) is 1. The first-order chi connectivity index (χ1) is 8.16. The second-order valence-electron chi connectivity index (χ2n) is 3.40. The summed E-state index contributed by atoms with van der Waals surface area (Å²) < 4.78 is 4.74. The van der Waals surface area contributed by atoms with Gasteiger partial charge in [0.05, 0.1) is 0 Å².